The van der Waals surface area contributed by atoms with E-state index >= 15 is 0 Å². The fraction of sp³-hybridized carbons (Fsp3) is 1.00. The summed E-state index contributed by atoms with van der Waals surface area (Å²) in [6.45, 7) is 15.6. The average molecular weight is 270 g/mol. The summed E-state index contributed by atoms with van der Waals surface area (Å²) in [5.41, 5.74) is 0.173. The highest BCUT2D eigenvalue weighted by atomic mass is 16.7. The van der Waals surface area contributed by atoms with Gasteiger partial charge in [0.05, 0.1) is 12.1 Å². The number of unbranched alkanes of at least 4 members (excludes halogenated alkanes) is 1. The van der Waals surface area contributed by atoms with Gasteiger partial charge in [0.15, 0.2) is 0 Å². The van der Waals surface area contributed by atoms with Gasteiger partial charge < -0.3 is 5.32 Å². The molecule has 1 atom stereocenters. The van der Waals surface area contributed by atoms with Gasteiger partial charge in [-0.25, -0.2) is 0 Å². The molecule has 0 spiro atoms. The normalized spacial score (nSPS) is 26.5. The van der Waals surface area contributed by atoms with Crippen molar-refractivity contribution in [1.82, 2.24) is 10.4 Å². The molecule has 114 valence electrons. The lowest BCUT2D eigenvalue weighted by molar-refractivity contribution is -0.287. The highest BCUT2D eigenvalue weighted by Gasteiger charge is 2.47. The predicted molar refractivity (Wildman–Crippen MR) is 82.2 cm³/mol. The summed E-state index contributed by atoms with van der Waals surface area (Å²) in [5, 5.41) is 6.00. The largest absolute Gasteiger partial charge is 0.312 e. The maximum absolute atomic E-state index is 6.09. The van der Waals surface area contributed by atoms with Crippen LogP contribution in [-0.2, 0) is 4.84 Å². The number of hydrogen-bond acceptors (Lipinski definition) is 3. The molecule has 0 saturated carbocycles. The van der Waals surface area contributed by atoms with Crippen molar-refractivity contribution in [2.24, 2.45) is 0 Å². The maximum Gasteiger partial charge on any atom is 0.0683 e. The topological polar surface area (TPSA) is 24.5 Å². The van der Waals surface area contributed by atoms with E-state index in [0.717, 1.165) is 19.6 Å². The third-order valence-corrected chi connectivity index (χ3v) is 4.32. The minimum absolute atomic E-state index is 0.0463. The second-order valence-electron chi connectivity index (χ2n) is 6.99. The Balaban J connectivity index is 2.72. The fourth-order valence-electron chi connectivity index (χ4n) is 3.20. The van der Waals surface area contributed by atoms with E-state index < -0.39 is 0 Å². The summed E-state index contributed by atoms with van der Waals surface area (Å²) in [6, 6.07) is 0.518. The molecule has 0 aromatic carbocycles. The minimum Gasteiger partial charge on any atom is -0.312 e. The van der Waals surface area contributed by atoms with Crippen molar-refractivity contribution < 1.29 is 4.84 Å². The molecule has 1 fully saturated rings. The fourth-order valence-corrected chi connectivity index (χ4v) is 3.20. The van der Waals surface area contributed by atoms with Crippen LogP contribution in [0.25, 0.3) is 0 Å². The van der Waals surface area contributed by atoms with Crippen LogP contribution in [0.1, 0.15) is 73.6 Å². The predicted octanol–water partition coefficient (Wildman–Crippen LogP) is 3.74. The van der Waals surface area contributed by atoms with Gasteiger partial charge in [-0.1, -0.05) is 20.3 Å². The van der Waals surface area contributed by atoms with Crippen LogP contribution in [0.2, 0.25) is 0 Å². The van der Waals surface area contributed by atoms with Crippen LogP contribution in [0.5, 0.6) is 0 Å². The lowest BCUT2D eigenvalue weighted by atomic mass is 9.78. The average Bonchev–Trinajstić information content (AvgIpc) is 2.31. The maximum atomic E-state index is 6.09. The minimum atomic E-state index is 0.0463. The van der Waals surface area contributed by atoms with Gasteiger partial charge in [0.1, 0.15) is 0 Å². The summed E-state index contributed by atoms with van der Waals surface area (Å²) < 4.78 is 0. The molecule has 3 heteroatoms. The third kappa shape index (κ3) is 4.17. The molecule has 19 heavy (non-hydrogen) atoms. The van der Waals surface area contributed by atoms with Gasteiger partial charge in [-0.05, 0) is 59.9 Å². The first kappa shape index (κ1) is 16.9. The van der Waals surface area contributed by atoms with Crippen LogP contribution in [0.4, 0.5) is 0 Å². The Morgan fingerprint density at radius 2 is 1.84 bits per heavy atom. The number of hydroxylamine groups is 2. The van der Waals surface area contributed by atoms with Crippen LogP contribution in [0, 0.1) is 0 Å². The Bertz CT molecular complexity index is 263. The molecular weight excluding hydrogens is 236 g/mol. The van der Waals surface area contributed by atoms with Crippen LogP contribution in [0.15, 0.2) is 0 Å². The highest BCUT2D eigenvalue weighted by molar-refractivity contribution is 5.01. The monoisotopic (exact) mass is 270 g/mol. The van der Waals surface area contributed by atoms with Crippen molar-refractivity contribution in [2.45, 2.75) is 90.8 Å². The number of rotatable bonds is 7. The summed E-state index contributed by atoms with van der Waals surface area (Å²) in [5.74, 6) is 0. The standard InChI is InChI=1S/C16H34N2O/c1-7-9-12-17-14-10-11-15(3,4)18(16(14,5)6)19-13-8-2/h14,17H,7-13H2,1-6H3. The van der Waals surface area contributed by atoms with E-state index in [1.165, 1.54) is 25.7 Å². The van der Waals surface area contributed by atoms with Crippen molar-refractivity contribution >= 4 is 0 Å². The Kier molecular flexibility index (Phi) is 6.28. The van der Waals surface area contributed by atoms with E-state index in [1.807, 2.05) is 0 Å². The zero-order chi connectivity index (χ0) is 14.5. The molecule has 0 amide bonds. The molecule has 1 heterocycles. The summed E-state index contributed by atoms with van der Waals surface area (Å²) in [7, 11) is 0. The van der Waals surface area contributed by atoms with Crippen molar-refractivity contribution in [3.8, 4) is 0 Å². The Hall–Kier alpha value is -0.120. The first-order chi connectivity index (χ1) is 8.86. The van der Waals surface area contributed by atoms with Gasteiger partial charge in [0.25, 0.3) is 0 Å². The quantitative estimate of drug-likeness (QED) is 0.713. The first-order valence-corrected chi connectivity index (χ1v) is 8.03. The summed E-state index contributed by atoms with van der Waals surface area (Å²) >= 11 is 0. The third-order valence-electron chi connectivity index (χ3n) is 4.32. The van der Waals surface area contributed by atoms with Crippen LogP contribution >= 0.6 is 0 Å². The van der Waals surface area contributed by atoms with Gasteiger partial charge in [-0.3, -0.25) is 4.84 Å². The van der Waals surface area contributed by atoms with Crippen molar-refractivity contribution in [3.05, 3.63) is 0 Å². The Morgan fingerprint density at radius 3 is 2.42 bits per heavy atom. The number of nitrogens with one attached hydrogen (secondary N) is 1. The second-order valence-corrected chi connectivity index (χ2v) is 6.99. The SMILES string of the molecule is CCCCNC1CCC(C)(C)N(OCCC)C1(C)C. The molecule has 0 aromatic heterocycles. The number of hydrogen-bond donors (Lipinski definition) is 1. The van der Waals surface area contributed by atoms with Crippen molar-refractivity contribution in [2.75, 3.05) is 13.2 Å². The molecule has 1 aliphatic rings. The van der Waals surface area contributed by atoms with E-state index in [2.05, 4.69) is 51.9 Å². The number of nitrogens with zero attached hydrogens (tertiary/aromatic N) is 1. The molecule has 1 rings (SSSR count). The zero-order valence-electron chi connectivity index (χ0n) is 13.9. The van der Waals surface area contributed by atoms with Crippen LogP contribution in [-0.4, -0.2) is 35.3 Å². The molecule has 1 aliphatic heterocycles. The van der Waals surface area contributed by atoms with Gasteiger partial charge in [0.2, 0.25) is 0 Å². The Labute approximate surface area is 120 Å². The molecule has 1 N–H and O–H groups in total. The molecular formula is C16H34N2O. The lowest BCUT2D eigenvalue weighted by Gasteiger charge is -2.55. The first-order valence-electron chi connectivity index (χ1n) is 8.03. The summed E-state index contributed by atoms with van der Waals surface area (Å²) in [6.07, 6.45) is 5.99. The van der Waals surface area contributed by atoms with Crippen LogP contribution < -0.4 is 5.32 Å². The lowest BCUT2D eigenvalue weighted by Crippen LogP contribution is -2.67. The molecule has 0 radical (unpaired) electrons. The van der Waals surface area contributed by atoms with E-state index in [1.54, 1.807) is 0 Å². The molecule has 1 unspecified atom stereocenters. The highest BCUT2D eigenvalue weighted by Crippen LogP contribution is 2.38. The smallest absolute Gasteiger partial charge is 0.0683 e. The molecule has 1 saturated heterocycles. The van der Waals surface area contributed by atoms with E-state index in [-0.39, 0.29) is 11.1 Å². The molecule has 3 nitrogen and oxygen atoms in total. The summed E-state index contributed by atoms with van der Waals surface area (Å²) in [4.78, 5) is 6.09. The van der Waals surface area contributed by atoms with Gasteiger partial charge in [0, 0.05) is 11.6 Å². The van der Waals surface area contributed by atoms with Crippen molar-refractivity contribution in [1.29, 1.82) is 0 Å². The number of piperidine rings is 1. The zero-order valence-corrected chi connectivity index (χ0v) is 13.9. The Morgan fingerprint density at radius 1 is 1.16 bits per heavy atom. The molecule has 0 bridgehead atoms. The second kappa shape index (κ2) is 7.05. The van der Waals surface area contributed by atoms with E-state index in [0.29, 0.717) is 6.04 Å². The van der Waals surface area contributed by atoms with Gasteiger partial charge >= 0.3 is 0 Å². The van der Waals surface area contributed by atoms with E-state index in [4.69, 9.17) is 4.84 Å². The molecule has 0 aliphatic carbocycles. The molecule has 0 aromatic rings. The van der Waals surface area contributed by atoms with E-state index in [9.17, 15) is 0 Å². The van der Waals surface area contributed by atoms with Gasteiger partial charge in [-0.2, -0.15) is 5.06 Å². The van der Waals surface area contributed by atoms with Gasteiger partial charge in [-0.15, -0.1) is 0 Å². The van der Waals surface area contributed by atoms with Crippen LogP contribution in [0.3, 0.4) is 0 Å². The van der Waals surface area contributed by atoms with Crippen molar-refractivity contribution in [3.63, 3.8) is 0 Å².